The van der Waals surface area contributed by atoms with Gasteiger partial charge in [-0.25, -0.2) is 0 Å². The maximum Gasteiger partial charge on any atom is 0.310 e. The van der Waals surface area contributed by atoms with Crippen molar-refractivity contribution in [1.29, 1.82) is 5.26 Å². The zero-order chi connectivity index (χ0) is 15.2. The zero-order valence-corrected chi connectivity index (χ0v) is 11.6. The summed E-state index contributed by atoms with van der Waals surface area (Å²) in [6.07, 6.45) is 0.523. The van der Waals surface area contributed by atoms with E-state index in [1.807, 2.05) is 13.0 Å². The molecule has 2 rings (SSSR count). The molecular formula is C17H15NO3. The third-order valence-corrected chi connectivity index (χ3v) is 3.19. The highest BCUT2D eigenvalue weighted by Gasteiger charge is 2.17. The Morgan fingerprint density at radius 3 is 2.52 bits per heavy atom. The molecule has 0 saturated heterocycles. The van der Waals surface area contributed by atoms with Crippen molar-refractivity contribution in [2.45, 2.75) is 19.3 Å². The summed E-state index contributed by atoms with van der Waals surface area (Å²) in [7, 11) is 0. The predicted octanol–water partition coefficient (Wildman–Crippen LogP) is 3.93. The Balaban J connectivity index is 2.21. The second kappa shape index (κ2) is 6.58. The lowest BCUT2D eigenvalue weighted by Crippen LogP contribution is -2.10. The Labute approximate surface area is 123 Å². The van der Waals surface area contributed by atoms with Gasteiger partial charge >= 0.3 is 5.97 Å². The Hall–Kier alpha value is -2.80. The van der Waals surface area contributed by atoms with Gasteiger partial charge in [-0.3, -0.25) is 4.79 Å². The van der Waals surface area contributed by atoms with Gasteiger partial charge in [0.1, 0.15) is 11.5 Å². The van der Waals surface area contributed by atoms with Gasteiger partial charge in [0.15, 0.2) is 0 Å². The molecule has 2 aromatic rings. The molecule has 0 aliphatic heterocycles. The Morgan fingerprint density at radius 2 is 1.95 bits per heavy atom. The number of nitriles is 1. The monoisotopic (exact) mass is 281 g/mol. The number of carboxylic acid groups (broad SMARTS) is 1. The van der Waals surface area contributed by atoms with Crippen LogP contribution in [0.15, 0.2) is 48.5 Å². The fourth-order valence-corrected chi connectivity index (χ4v) is 2.08. The van der Waals surface area contributed by atoms with Crippen LogP contribution in [-0.2, 0) is 4.79 Å². The number of nitrogens with zero attached hydrogens (tertiary/aromatic N) is 1. The summed E-state index contributed by atoms with van der Waals surface area (Å²) in [4.78, 5) is 11.2. The largest absolute Gasteiger partial charge is 0.481 e. The lowest BCUT2D eigenvalue weighted by molar-refractivity contribution is -0.138. The number of carboxylic acids is 1. The summed E-state index contributed by atoms with van der Waals surface area (Å²) in [5, 5.41) is 17.9. The van der Waals surface area contributed by atoms with Gasteiger partial charge in [0.05, 0.1) is 17.6 Å². The molecule has 0 heterocycles. The molecular weight excluding hydrogens is 266 g/mol. The van der Waals surface area contributed by atoms with Crippen molar-refractivity contribution < 1.29 is 14.6 Å². The van der Waals surface area contributed by atoms with Gasteiger partial charge in [-0.15, -0.1) is 0 Å². The summed E-state index contributed by atoms with van der Waals surface area (Å²) in [5.74, 6) is -0.186. The molecule has 0 saturated carbocycles. The van der Waals surface area contributed by atoms with Crippen molar-refractivity contribution in [3.8, 4) is 17.6 Å². The summed E-state index contributed by atoms with van der Waals surface area (Å²) >= 11 is 0. The van der Waals surface area contributed by atoms with Gasteiger partial charge in [0.2, 0.25) is 0 Å². The third kappa shape index (κ3) is 3.61. The highest BCUT2D eigenvalue weighted by Crippen LogP contribution is 2.27. The van der Waals surface area contributed by atoms with Gasteiger partial charge in [-0.1, -0.05) is 19.1 Å². The van der Waals surface area contributed by atoms with Gasteiger partial charge in [0.25, 0.3) is 0 Å². The fraction of sp³-hybridized carbons (Fsp3) is 0.176. The molecule has 0 bridgehead atoms. The maximum atomic E-state index is 11.2. The molecule has 0 aliphatic rings. The van der Waals surface area contributed by atoms with Gasteiger partial charge < -0.3 is 9.84 Å². The van der Waals surface area contributed by atoms with Crippen LogP contribution in [0.3, 0.4) is 0 Å². The Kier molecular flexibility index (Phi) is 4.57. The van der Waals surface area contributed by atoms with E-state index < -0.39 is 11.9 Å². The molecule has 2 aromatic carbocycles. The lowest BCUT2D eigenvalue weighted by atomic mass is 9.96. The van der Waals surface area contributed by atoms with Crippen molar-refractivity contribution in [3.63, 3.8) is 0 Å². The number of hydrogen-bond donors (Lipinski definition) is 1. The topological polar surface area (TPSA) is 70.3 Å². The summed E-state index contributed by atoms with van der Waals surface area (Å²) in [6.45, 7) is 1.84. The smallest absolute Gasteiger partial charge is 0.310 e. The highest BCUT2D eigenvalue weighted by atomic mass is 16.5. The van der Waals surface area contributed by atoms with Crippen molar-refractivity contribution in [2.75, 3.05) is 0 Å². The van der Waals surface area contributed by atoms with Gasteiger partial charge in [0, 0.05) is 0 Å². The van der Waals surface area contributed by atoms with Crippen molar-refractivity contribution in [3.05, 3.63) is 59.7 Å². The number of benzene rings is 2. The minimum Gasteiger partial charge on any atom is -0.481 e. The lowest BCUT2D eigenvalue weighted by Gasteiger charge is -2.12. The average Bonchev–Trinajstić information content (AvgIpc) is 2.49. The van der Waals surface area contributed by atoms with Crippen LogP contribution in [0, 0.1) is 11.3 Å². The summed E-state index contributed by atoms with van der Waals surface area (Å²) in [6, 6.07) is 15.9. The Bertz CT molecular complexity index is 671. The first-order chi connectivity index (χ1) is 10.1. The van der Waals surface area contributed by atoms with Crippen LogP contribution in [0.5, 0.6) is 11.5 Å². The van der Waals surface area contributed by atoms with E-state index in [1.165, 1.54) is 0 Å². The normalized spacial score (nSPS) is 11.4. The maximum absolute atomic E-state index is 11.2. The minimum absolute atomic E-state index is 0.523. The van der Waals surface area contributed by atoms with E-state index in [0.717, 1.165) is 5.56 Å². The molecule has 0 spiro atoms. The molecule has 0 radical (unpaired) electrons. The van der Waals surface area contributed by atoms with Gasteiger partial charge in [-0.05, 0) is 48.4 Å². The fourth-order valence-electron chi connectivity index (χ4n) is 2.08. The van der Waals surface area contributed by atoms with E-state index in [4.69, 9.17) is 10.00 Å². The van der Waals surface area contributed by atoms with Crippen molar-refractivity contribution in [2.24, 2.45) is 0 Å². The van der Waals surface area contributed by atoms with Crippen LogP contribution < -0.4 is 4.74 Å². The molecule has 21 heavy (non-hydrogen) atoms. The SMILES string of the molecule is CCC(C(=O)O)c1cccc(Oc2ccc(C#N)cc2)c1. The highest BCUT2D eigenvalue weighted by molar-refractivity contribution is 5.76. The van der Waals surface area contributed by atoms with Crippen LogP contribution in [-0.4, -0.2) is 11.1 Å². The molecule has 4 heteroatoms. The molecule has 0 fully saturated rings. The van der Waals surface area contributed by atoms with Crippen LogP contribution in [0.4, 0.5) is 0 Å². The molecule has 0 aromatic heterocycles. The third-order valence-electron chi connectivity index (χ3n) is 3.19. The van der Waals surface area contributed by atoms with Crippen LogP contribution in [0.1, 0.15) is 30.4 Å². The van der Waals surface area contributed by atoms with E-state index >= 15 is 0 Å². The molecule has 1 unspecified atom stereocenters. The van der Waals surface area contributed by atoms with E-state index in [0.29, 0.717) is 23.5 Å². The molecule has 1 atom stereocenters. The van der Waals surface area contributed by atoms with Crippen molar-refractivity contribution in [1.82, 2.24) is 0 Å². The molecule has 0 aliphatic carbocycles. The predicted molar refractivity (Wildman–Crippen MR) is 78.3 cm³/mol. The summed E-state index contributed by atoms with van der Waals surface area (Å²) in [5.41, 5.74) is 1.28. The van der Waals surface area contributed by atoms with Crippen molar-refractivity contribution >= 4 is 5.97 Å². The first kappa shape index (κ1) is 14.6. The number of hydrogen-bond acceptors (Lipinski definition) is 3. The summed E-state index contributed by atoms with van der Waals surface area (Å²) < 4.78 is 5.69. The molecule has 1 N–H and O–H groups in total. The number of ether oxygens (including phenoxy) is 1. The quantitative estimate of drug-likeness (QED) is 0.901. The average molecular weight is 281 g/mol. The molecule has 0 amide bonds. The van der Waals surface area contributed by atoms with Crippen LogP contribution in [0.25, 0.3) is 0 Å². The van der Waals surface area contributed by atoms with Gasteiger partial charge in [-0.2, -0.15) is 5.26 Å². The molecule has 106 valence electrons. The minimum atomic E-state index is -0.840. The number of aliphatic carboxylic acids is 1. The molecule has 4 nitrogen and oxygen atoms in total. The van der Waals surface area contributed by atoms with Crippen LogP contribution in [0.2, 0.25) is 0 Å². The van der Waals surface area contributed by atoms with E-state index in [-0.39, 0.29) is 0 Å². The zero-order valence-electron chi connectivity index (χ0n) is 11.6. The van der Waals surface area contributed by atoms with E-state index in [1.54, 1.807) is 48.5 Å². The van der Waals surface area contributed by atoms with Crippen LogP contribution >= 0.6 is 0 Å². The Morgan fingerprint density at radius 1 is 1.24 bits per heavy atom. The van der Waals surface area contributed by atoms with E-state index in [9.17, 15) is 9.90 Å². The first-order valence-electron chi connectivity index (χ1n) is 6.65. The second-order valence-electron chi connectivity index (χ2n) is 4.61. The second-order valence-corrected chi connectivity index (χ2v) is 4.61. The standard InChI is InChI=1S/C17H15NO3/c1-2-16(17(19)20)13-4-3-5-15(10-13)21-14-8-6-12(11-18)7-9-14/h3-10,16H,2H2,1H3,(H,19,20). The first-order valence-corrected chi connectivity index (χ1v) is 6.65. The number of carbonyl (C=O) groups is 1. The van der Waals surface area contributed by atoms with E-state index in [2.05, 4.69) is 0 Å². The number of rotatable bonds is 5.